The van der Waals surface area contributed by atoms with Gasteiger partial charge in [0.1, 0.15) is 6.04 Å². The standard InChI is InChI=1S/C22H26N4O3S/c1-30(28,29)26-13-5-4-8-21(26)22(27)23-14-17-9-11-18(12-10-17)15-25-16-24-19-6-2-3-7-20(19)25/h2-3,6-7,9-12,16,21H,4-5,8,13-15H2,1H3,(H,23,27). The summed E-state index contributed by atoms with van der Waals surface area (Å²) in [7, 11) is -3.38. The molecule has 1 fully saturated rings. The van der Waals surface area contributed by atoms with Gasteiger partial charge in [0, 0.05) is 19.6 Å². The summed E-state index contributed by atoms with van der Waals surface area (Å²) in [6.45, 7) is 1.51. The van der Waals surface area contributed by atoms with Crippen LogP contribution in [0.5, 0.6) is 0 Å². The molecule has 1 saturated heterocycles. The molecule has 1 aliphatic rings. The van der Waals surface area contributed by atoms with E-state index in [-0.39, 0.29) is 5.91 Å². The van der Waals surface area contributed by atoms with Crippen molar-refractivity contribution in [2.24, 2.45) is 0 Å². The van der Waals surface area contributed by atoms with Crippen LogP contribution in [0.2, 0.25) is 0 Å². The van der Waals surface area contributed by atoms with Crippen molar-refractivity contribution in [1.29, 1.82) is 0 Å². The van der Waals surface area contributed by atoms with Crippen LogP contribution in [0.15, 0.2) is 54.9 Å². The summed E-state index contributed by atoms with van der Waals surface area (Å²) in [5, 5.41) is 2.90. The molecule has 7 nitrogen and oxygen atoms in total. The molecule has 30 heavy (non-hydrogen) atoms. The number of hydrogen-bond acceptors (Lipinski definition) is 4. The highest BCUT2D eigenvalue weighted by Gasteiger charge is 2.34. The van der Waals surface area contributed by atoms with Crippen molar-refractivity contribution in [3.05, 3.63) is 66.0 Å². The third-order valence-electron chi connectivity index (χ3n) is 5.55. The second-order valence-electron chi connectivity index (χ2n) is 7.78. The van der Waals surface area contributed by atoms with Gasteiger partial charge in [-0.25, -0.2) is 13.4 Å². The van der Waals surface area contributed by atoms with Gasteiger partial charge in [-0.15, -0.1) is 0 Å². The highest BCUT2D eigenvalue weighted by molar-refractivity contribution is 7.88. The van der Waals surface area contributed by atoms with Crippen molar-refractivity contribution in [1.82, 2.24) is 19.2 Å². The summed E-state index contributed by atoms with van der Waals surface area (Å²) in [5.74, 6) is -0.228. The van der Waals surface area contributed by atoms with Crippen LogP contribution in [0.1, 0.15) is 30.4 Å². The molecule has 0 saturated carbocycles. The minimum atomic E-state index is -3.38. The first-order chi connectivity index (χ1) is 14.4. The van der Waals surface area contributed by atoms with Gasteiger partial charge in [0.05, 0.1) is 23.6 Å². The predicted octanol–water partition coefficient (Wildman–Crippen LogP) is 2.51. The van der Waals surface area contributed by atoms with E-state index in [1.54, 1.807) is 0 Å². The van der Waals surface area contributed by atoms with Gasteiger partial charge in [0.25, 0.3) is 0 Å². The number of nitrogens with one attached hydrogen (secondary N) is 1. The Morgan fingerprint density at radius 1 is 1.10 bits per heavy atom. The Morgan fingerprint density at radius 2 is 1.83 bits per heavy atom. The Kier molecular flexibility index (Phi) is 5.87. The number of para-hydroxylation sites is 2. The van der Waals surface area contributed by atoms with Gasteiger partial charge in [0.15, 0.2) is 0 Å². The number of carbonyl (C=O) groups is 1. The Bertz CT molecular complexity index is 1140. The molecular formula is C22H26N4O3S. The maximum Gasteiger partial charge on any atom is 0.238 e. The Balaban J connectivity index is 1.37. The zero-order valence-corrected chi connectivity index (χ0v) is 17.8. The van der Waals surface area contributed by atoms with Crippen molar-refractivity contribution in [3.8, 4) is 0 Å². The zero-order valence-electron chi connectivity index (χ0n) is 17.0. The Hall–Kier alpha value is -2.71. The number of benzene rings is 2. The van der Waals surface area contributed by atoms with Crippen molar-refractivity contribution >= 4 is 27.0 Å². The van der Waals surface area contributed by atoms with E-state index < -0.39 is 16.1 Å². The smallest absolute Gasteiger partial charge is 0.238 e. The van der Waals surface area contributed by atoms with Gasteiger partial charge in [-0.2, -0.15) is 4.31 Å². The lowest BCUT2D eigenvalue weighted by Gasteiger charge is -2.32. The quantitative estimate of drug-likeness (QED) is 0.656. The predicted molar refractivity (Wildman–Crippen MR) is 116 cm³/mol. The van der Waals surface area contributed by atoms with Crippen molar-refractivity contribution < 1.29 is 13.2 Å². The number of rotatable bonds is 6. The number of fused-ring (bicyclic) bond motifs is 1. The average molecular weight is 427 g/mol. The number of nitrogens with zero attached hydrogens (tertiary/aromatic N) is 3. The van der Waals surface area contributed by atoms with E-state index in [0.29, 0.717) is 19.5 Å². The highest BCUT2D eigenvalue weighted by Crippen LogP contribution is 2.20. The maximum atomic E-state index is 12.6. The molecule has 0 spiro atoms. The molecule has 1 aliphatic heterocycles. The van der Waals surface area contributed by atoms with Gasteiger partial charge in [-0.05, 0) is 36.1 Å². The normalized spacial score (nSPS) is 17.8. The van der Waals surface area contributed by atoms with Gasteiger partial charge in [-0.1, -0.05) is 42.8 Å². The summed E-state index contributed by atoms with van der Waals surface area (Å²) >= 11 is 0. The molecule has 4 rings (SSSR count). The number of carbonyl (C=O) groups excluding carboxylic acids is 1. The molecule has 1 amide bonds. The van der Waals surface area contributed by atoms with Crippen LogP contribution >= 0.6 is 0 Å². The second-order valence-corrected chi connectivity index (χ2v) is 9.72. The monoisotopic (exact) mass is 426 g/mol. The fourth-order valence-corrected chi connectivity index (χ4v) is 5.09. The lowest BCUT2D eigenvalue weighted by atomic mass is 10.0. The summed E-state index contributed by atoms with van der Waals surface area (Å²) in [6.07, 6.45) is 5.24. The maximum absolute atomic E-state index is 12.6. The molecule has 0 bridgehead atoms. The van der Waals surface area contributed by atoms with Crippen LogP contribution in [-0.4, -0.2) is 47.0 Å². The molecular weight excluding hydrogens is 400 g/mol. The van der Waals surface area contributed by atoms with E-state index in [0.717, 1.165) is 41.5 Å². The Morgan fingerprint density at radius 3 is 2.60 bits per heavy atom. The molecule has 3 aromatic rings. The summed E-state index contributed by atoms with van der Waals surface area (Å²) in [4.78, 5) is 17.0. The molecule has 1 unspecified atom stereocenters. The number of sulfonamides is 1. The van der Waals surface area contributed by atoms with E-state index in [2.05, 4.69) is 20.9 Å². The van der Waals surface area contributed by atoms with Crippen molar-refractivity contribution in [2.45, 2.75) is 38.4 Å². The van der Waals surface area contributed by atoms with Gasteiger partial charge in [0.2, 0.25) is 15.9 Å². The number of aromatic nitrogens is 2. The number of amides is 1. The SMILES string of the molecule is CS(=O)(=O)N1CCCCC1C(=O)NCc1ccc(Cn2cnc3ccccc32)cc1. The average Bonchev–Trinajstić information content (AvgIpc) is 3.15. The number of piperidine rings is 1. The molecule has 1 aromatic heterocycles. The first kappa shape index (κ1) is 20.6. The van der Waals surface area contributed by atoms with E-state index >= 15 is 0 Å². The molecule has 158 valence electrons. The van der Waals surface area contributed by atoms with E-state index in [1.165, 1.54) is 10.6 Å². The fourth-order valence-electron chi connectivity index (χ4n) is 3.97. The number of hydrogen-bond donors (Lipinski definition) is 1. The molecule has 1 N–H and O–H groups in total. The largest absolute Gasteiger partial charge is 0.351 e. The lowest BCUT2D eigenvalue weighted by Crippen LogP contribution is -2.51. The van der Waals surface area contributed by atoms with Gasteiger partial charge >= 0.3 is 0 Å². The van der Waals surface area contributed by atoms with Gasteiger partial charge in [-0.3, -0.25) is 4.79 Å². The van der Waals surface area contributed by atoms with E-state index in [1.807, 2.05) is 48.8 Å². The minimum Gasteiger partial charge on any atom is -0.351 e. The lowest BCUT2D eigenvalue weighted by molar-refractivity contribution is -0.125. The summed E-state index contributed by atoms with van der Waals surface area (Å²) < 4.78 is 27.4. The van der Waals surface area contributed by atoms with Crippen molar-refractivity contribution in [2.75, 3.05) is 12.8 Å². The second kappa shape index (κ2) is 8.57. The van der Waals surface area contributed by atoms with Crippen LogP contribution in [0.3, 0.4) is 0 Å². The first-order valence-electron chi connectivity index (χ1n) is 10.1. The van der Waals surface area contributed by atoms with Crippen LogP contribution in [0.25, 0.3) is 11.0 Å². The molecule has 1 atom stereocenters. The van der Waals surface area contributed by atoms with E-state index in [4.69, 9.17) is 0 Å². The first-order valence-corrected chi connectivity index (χ1v) is 12.0. The van der Waals surface area contributed by atoms with Crippen LogP contribution in [0, 0.1) is 0 Å². The van der Waals surface area contributed by atoms with Gasteiger partial charge < -0.3 is 9.88 Å². The fraction of sp³-hybridized carbons (Fsp3) is 0.364. The third-order valence-corrected chi connectivity index (χ3v) is 6.84. The molecule has 2 aromatic carbocycles. The van der Waals surface area contributed by atoms with E-state index in [9.17, 15) is 13.2 Å². The molecule has 0 radical (unpaired) electrons. The Labute approximate surface area is 176 Å². The molecule has 8 heteroatoms. The van der Waals surface area contributed by atoms with Crippen LogP contribution in [0.4, 0.5) is 0 Å². The van der Waals surface area contributed by atoms with Crippen LogP contribution < -0.4 is 5.32 Å². The number of imidazole rings is 1. The topological polar surface area (TPSA) is 84.3 Å². The van der Waals surface area contributed by atoms with Crippen molar-refractivity contribution in [3.63, 3.8) is 0 Å². The highest BCUT2D eigenvalue weighted by atomic mass is 32.2. The molecule has 2 heterocycles. The third kappa shape index (κ3) is 4.55. The summed E-state index contributed by atoms with van der Waals surface area (Å²) in [6, 6.07) is 15.5. The van der Waals surface area contributed by atoms with Crippen LogP contribution in [-0.2, 0) is 27.9 Å². The zero-order chi connectivity index (χ0) is 21.1. The molecule has 0 aliphatic carbocycles. The summed E-state index contributed by atoms with van der Waals surface area (Å²) in [5.41, 5.74) is 4.19. The minimum absolute atomic E-state index is 0.228.